The maximum absolute atomic E-state index is 10.8. The highest BCUT2D eigenvalue weighted by molar-refractivity contribution is 5.85. The molecule has 1 fully saturated rings. The number of piperidine rings is 1. The van der Waals surface area contributed by atoms with Gasteiger partial charge in [-0.2, -0.15) is 5.10 Å². The predicted octanol–water partition coefficient (Wildman–Crippen LogP) is 0.814. The molecule has 1 atom stereocenters. The van der Waals surface area contributed by atoms with Crippen molar-refractivity contribution >= 4 is 5.97 Å². The van der Waals surface area contributed by atoms with Crippen LogP contribution in [-0.2, 0) is 0 Å². The van der Waals surface area contributed by atoms with Gasteiger partial charge in [0.15, 0.2) is 5.69 Å². The van der Waals surface area contributed by atoms with Crippen LogP contribution >= 0.6 is 0 Å². The molecular formula is C10H15N3O2. The Balaban J connectivity index is 2.22. The van der Waals surface area contributed by atoms with E-state index in [1.165, 1.54) is 0 Å². The van der Waals surface area contributed by atoms with Gasteiger partial charge in [-0.3, -0.25) is 4.68 Å². The van der Waals surface area contributed by atoms with Gasteiger partial charge in [-0.1, -0.05) is 0 Å². The number of nitrogens with one attached hydrogen (secondary N) is 1. The fourth-order valence-electron chi connectivity index (χ4n) is 2.00. The monoisotopic (exact) mass is 209 g/mol. The molecule has 0 unspecified atom stereocenters. The first-order chi connectivity index (χ1) is 7.18. The standard InChI is InChI=1S/C10H15N3O2/c1-7-5-9(10(14)15)12-13(7)8-3-2-4-11-6-8/h5,8,11H,2-4,6H2,1H3,(H,14,15)/t8-/m1/s1. The second kappa shape index (κ2) is 4.02. The molecule has 5 nitrogen and oxygen atoms in total. The molecule has 0 aromatic carbocycles. The quantitative estimate of drug-likeness (QED) is 0.756. The van der Waals surface area contributed by atoms with Gasteiger partial charge in [-0.25, -0.2) is 4.79 Å². The molecule has 0 spiro atoms. The molecule has 0 bridgehead atoms. The Kier molecular flexibility index (Phi) is 2.73. The Morgan fingerprint density at radius 1 is 1.73 bits per heavy atom. The molecule has 1 aromatic heterocycles. The number of hydrogen-bond acceptors (Lipinski definition) is 3. The van der Waals surface area contributed by atoms with Crippen LogP contribution in [0.15, 0.2) is 6.07 Å². The first-order valence-electron chi connectivity index (χ1n) is 5.18. The van der Waals surface area contributed by atoms with E-state index in [2.05, 4.69) is 10.4 Å². The van der Waals surface area contributed by atoms with Crippen molar-refractivity contribution in [2.24, 2.45) is 0 Å². The molecular weight excluding hydrogens is 194 g/mol. The van der Waals surface area contributed by atoms with Crippen LogP contribution in [0.5, 0.6) is 0 Å². The lowest BCUT2D eigenvalue weighted by Crippen LogP contribution is -2.32. The van der Waals surface area contributed by atoms with Crippen molar-refractivity contribution in [3.05, 3.63) is 17.5 Å². The molecule has 5 heteroatoms. The Morgan fingerprint density at radius 3 is 3.07 bits per heavy atom. The number of aromatic carboxylic acids is 1. The molecule has 1 aromatic rings. The third-order valence-electron chi connectivity index (χ3n) is 2.76. The molecule has 1 saturated heterocycles. The molecule has 0 radical (unpaired) electrons. The summed E-state index contributed by atoms with van der Waals surface area (Å²) >= 11 is 0. The number of aryl methyl sites for hydroxylation is 1. The van der Waals surface area contributed by atoms with Crippen LogP contribution in [0.1, 0.15) is 35.1 Å². The molecule has 82 valence electrons. The molecule has 1 aliphatic rings. The van der Waals surface area contributed by atoms with Gasteiger partial charge in [0.1, 0.15) is 0 Å². The fourth-order valence-corrected chi connectivity index (χ4v) is 2.00. The number of rotatable bonds is 2. The van der Waals surface area contributed by atoms with Crippen molar-refractivity contribution in [1.82, 2.24) is 15.1 Å². The molecule has 15 heavy (non-hydrogen) atoms. The summed E-state index contributed by atoms with van der Waals surface area (Å²) in [5, 5.41) is 16.2. The summed E-state index contributed by atoms with van der Waals surface area (Å²) in [7, 11) is 0. The Morgan fingerprint density at radius 2 is 2.53 bits per heavy atom. The topological polar surface area (TPSA) is 67.1 Å². The van der Waals surface area contributed by atoms with E-state index in [1.54, 1.807) is 6.07 Å². The first-order valence-corrected chi connectivity index (χ1v) is 5.18. The largest absolute Gasteiger partial charge is 0.476 e. The van der Waals surface area contributed by atoms with Crippen molar-refractivity contribution in [2.45, 2.75) is 25.8 Å². The van der Waals surface area contributed by atoms with E-state index in [0.717, 1.165) is 31.6 Å². The van der Waals surface area contributed by atoms with E-state index >= 15 is 0 Å². The number of carbonyl (C=O) groups is 1. The molecule has 0 saturated carbocycles. The summed E-state index contributed by atoms with van der Waals surface area (Å²) in [5.41, 5.74) is 1.05. The third-order valence-corrected chi connectivity index (χ3v) is 2.76. The predicted molar refractivity (Wildman–Crippen MR) is 55.1 cm³/mol. The lowest BCUT2D eigenvalue weighted by atomic mass is 10.1. The molecule has 1 aliphatic heterocycles. The van der Waals surface area contributed by atoms with E-state index < -0.39 is 5.97 Å². The Bertz CT molecular complexity index is 367. The van der Waals surface area contributed by atoms with Crippen molar-refractivity contribution in [2.75, 3.05) is 13.1 Å². The van der Waals surface area contributed by atoms with E-state index in [0.29, 0.717) is 6.04 Å². The molecule has 2 rings (SSSR count). The van der Waals surface area contributed by atoms with Crippen molar-refractivity contribution in [3.8, 4) is 0 Å². The number of aromatic nitrogens is 2. The summed E-state index contributed by atoms with van der Waals surface area (Å²) in [6, 6.07) is 1.92. The zero-order valence-electron chi connectivity index (χ0n) is 8.73. The second-order valence-corrected chi connectivity index (χ2v) is 3.92. The maximum Gasteiger partial charge on any atom is 0.356 e. The third kappa shape index (κ3) is 2.02. The zero-order chi connectivity index (χ0) is 10.8. The lowest BCUT2D eigenvalue weighted by molar-refractivity contribution is 0.0689. The molecule has 2 N–H and O–H groups in total. The Hall–Kier alpha value is -1.36. The van der Waals surface area contributed by atoms with E-state index in [1.807, 2.05) is 11.6 Å². The second-order valence-electron chi connectivity index (χ2n) is 3.92. The summed E-state index contributed by atoms with van der Waals surface area (Å²) in [5.74, 6) is -0.958. The van der Waals surface area contributed by atoms with Crippen LogP contribution in [0, 0.1) is 6.92 Å². The van der Waals surface area contributed by atoms with Crippen molar-refractivity contribution in [1.29, 1.82) is 0 Å². The number of carboxylic acids is 1. The van der Waals surface area contributed by atoms with Crippen LogP contribution in [-0.4, -0.2) is 33.9 Å². The van der Waals surface area contributed by atoms with Crippen LogP contribution < -0.4 is 5.32 Å². The number of hydrogen-bond donors (Lipinski definition) is 2. The molecule has 0 amide bonds. The van der Waals surface area contributed by atoms with Gasteiger partial charge in [-0.15, -0.1) is 0 Å². The van der Waals surface area contributed by atoms with Gasteiger partial charge in [-0.05, 0) is 32.4 Å². The van der Waals surface area contributed by atoms with E-state index in [-0.39, 0.29) is 5.69 Å². The average Bonchev–Trinajstić information content (AvgIpc) is 2.62. The minimum Gasteiger partial charge on any atom is -0.476 e. The lowest BCUT2D eigenvalue weighted by Gasteiger charge is -2.24. The highest BCUT2D eigenvalue weighted by Crippen LogP contribution is 2.18. The van der Waals surface area contributed by atoms with Crippen molar-refractivity contribution < 1.29 is 9.90 Å². The van der Waals surface area contributed by atoms with Crippen LogP contribution in [0.4, 0.5) is 0 Å². The van der Waals surface area contributed by atoms with Crippen LogP contribution in [0.25, 0.3) is 0 Å². The van der Waals surface area contributed by atoms with Gasteiger partial charge in [0.25, 0.3) is 0 Å². The van der Waals surface area contributed by atoms with Gasteiger partial charge in [0, 0.05) is 12.2 Å². The average molecular weight is 209 g/mol. The summed E-state index contributed by atoms with van der Waals surface area (Å²) in [6.07, 6.45) is 2.18. The fraction of sp³-hybridized carbons (Fsp3) is 0.600. The smallest absolute Gasteiger partial charge is 0.356 e. The number of carboxylic acid groups (broad SMARTS) is 1. The summed E-state index contributed by atoms with van der Waals surface area (Å²) in [6.45, 7) is 3.82. The van der Waals surface area contributed by atoms with Crippen LogP contribution in [0.2, 0.25) is 0 Å². The highest BCUT2D eigenvalue weighted by Gasteiger charge is 2.19. The highest BCUT2D eigenvalue weighted by atomic mass is 16.4. The van der Waals surface area contributed by atoms with Gasteiger partial charge in [0.05, 0.1) is 6.04 Å². The van der Waals surface area contributed by atoms with E-state index in [4.69, 9.17) is 5.11 Å². The minimum absolute atomic E-state index is 0.137. The molecule has 2 heterocycles. The van der Waals surface area contributed by atoms with Crippen molar-refractivity contribution in [3.63, 3.8) is 0 Å². The summed E-state index contributed by atoms with van der Waals surface area (Å²) < 4.78 is 1.83. The van der Waals surface area contributed by atoms with E-state index in [9.17, 15) is 4.79 Å². The zero-order valence-corrected chi connectivity index (χ0v) is 8.73. The first kappa shape index (κ1) is 10.2. The minimum atomic E-state index is -0.958. The van der Waals surface area contributed by atoms with Gasteiger partial charge in [0.2, 0.25) is 0 Å². The van der Waals surface area contributed by atoms with Gasteiger partial charge < -0.3 is 10.4 Å². The Labute approximate surface area is 88.1 Å². The SMILES string of the molecule is Cc1cc(C(=O)O)nn1[C@@H]1CCCNC1. The molecule has 0 aliphatic carbocycles. The van der Waals surface area contributed by atoms with Crippen LogP contribution in [0.3, 0.4) is 0 Å². The van der Waals surface area contributed by atoms with Gasteiger partial charge >= 0.3 is 5.97 Å². The normalized spacial score (nSPS) is 21.5. The summed E-state index contributed by atoms with van der Waals surface area (Å²) in [4.78, 5) is 10.8. The number of nitrogens with zero attached hydrogens (tertiary/aromatic N) is 2. The maximum atomic E-state index is 10.8.